The molecule has 2 nitrogen and oxygen atoms in total. The van der Waals surface area contributed by atoms with Crippen LogP contribution in [0.4, 0.5) is 0 Å². The Morgan fingerprint density at radius 3 is 2.25 bits per heavy atom. The number of aliphatic hydroxyl groups is 1. The van der Waals surface area contributed by atoms with Crippen molar-refractivity contribution < 1.29 is 5.11 Å². The van der Waals surface area contributed by atoms with Gasteiger partial charge in [0.25, 0.3) is 0 Å². The lowest BCUT2D eigenvalue weighted by Crippen LogP contribution is -2.28. The second-order valence-electron chi connectivity index (χ2n) is 5.56. The van der Waals surface area contributed by atoms with Crippen LogP contribution in [0.1, 0.15) is 53.4 Å². The molecule has 0 saturated heterocycles. The van der Waals surface area contributed by atoms with E-state index in [1.165, 1.54) is 19.3 Å². The van der Waals surface area contributed by atoms with Gasteiger partial charge in [-0.3, -0.25) is 0 Å². The third-order valence-corrected chi connectivity index (χ3v) is 3.05. The first-order chi connectivity index (χ1) is 7.60. The van der Waals surface area contributed by atoms with Crippen molar-refractivity contribution in [1.82, 2.24) is 5.32 Å². The summed E-state index contributed by atoms with van der Waals surface area (Å²) < 4.78 is 0. The zero-order valence-electron chi connectivity index (χ0n) is 11.6. The van der Waals surface area contributed by atoms with Crippen LogP contribution in [0.3, 0.4) is 0 Å². The van der Waals surface area contributed by atoms with E-state index >= 15 is 0 Å². The molecule has 0 saturated carbocycles. The highest BCUT2D eigenvalue weighted by Crippen LogP contribution is 2.14. The van der Waals surface area contributed by atoms with Crippen molar-refractivity contribution in [2.45, 2.75) is 53.4 Å². The summed E-state index contributed by atoms with van der Waals surface area (Å²) in [7, 11) is 0. The van der Waals surface area contributed by atoms with Crippen molar-refractivity contribution in [3.63, 3.8) is 0 Å². The average molecular weight is 229 g/mol. The molecule has 2 N–H and O–H groups in total. The molecule has 2 atom stereocenters. The molecule has 0 amide bonds. The monoisotopic (exact) mass is 229 g/mol. The van der Waals surface area contributed by atoms with Gasteiger partial charge >= 0.3 is 0 Å². The summed E-state index contributed by atoms with van der Waals surface area (Å²) >= 11 is 0. The van der Waals surface area contributed by atoms with E-state index in [1.54, 1.807) is 0 Å². The Labute approximate surface area is 102 Å². The van der Waals surface area contributed by atoms with E-state index in [0.29, 0.717) is 12.5 Å². The fourth-order valence-electron chi connectivity index (χ4n) is 2.28. The van der Waals surface area contributed by atoms with Crippen LogP contribution in [0.15, 0.2) is 0 Å². The Bertz CT molecular complexity index is 148. The molecule has 2 heteroatoms. The predicted molar refractivity (Wildman–Crippen MR) is 71.6 cm³/mol. The van der Waals surface area contributed by atoms with Crippen molar-refractivity contribution in [3.05, 3.63) is 0 Å². The zero-order chi connectivity index (χ0) is 12.4. The van der Waals surface area contributed by atoms with Crippen molar-refractivity contribution in [3.8, 4) is 0 Å². The van der Waals surface area contributed by atoms with Crippen molar-refractivity contribution in [2.24, 2.45) is 17.8 Å². The highest BCUT2D eigenvalue weighted by atomic mass is 16.3. The van der Waals surface area contributed by atoms with Gasteiger partial charge in [-0.1, -0.05) is 34.1 Å². The minimum atomic E-state index is 0.323. The molecule has 0 fully saturated rings. The number of nitrogens with one attached hydrogen (secondary N) is 1. The second-order valence-corrected chi connectivity index (χ2v) is 5.56. The maximum absolute atomic E-state index is 9.01. The maximum atomic E-state index is 9.01. The molecule has 0 aromatic carbocycles. The third-order valence-electron chi connectivity index (χ3n) is 3.05. The van der Waals surface area contributed by atoms with Crippen LogP contribution in [0, 0.1) is 17.8 Å². The summed E-state index contributed by atoms with van der Waals surface area (Å²) in [5, 5.41) is 12.6. The summed E-state index contributed by atoms with van der Waals surface area (Å²) in [6.07, 6.45) is 4.74. The van der Waals surface area contributed by atoms with Crippen LogP contribution >= 0.6 is 0 Å². The molecule has 98 valence electrons. The molecular weight excluding hydrogens is 198 g/mol. The Morgan fingerprint density at radius 1 is 1.06 bits per heavy atom. The van der Waals surface area contributed by atoms with Crippen LogP contribution in [0.2, 0.25) is 0 Å². The van der Waals surface area contributed by atoms with E-state index in [1.807, 2.05) is 0 Å². The fraction of sp³-hybridized carbons (Fsp3) is 1.00. The Morgan fingerprint density at radius 2 is 1.75 bits per heavy atom. The molecule has 0 aromatic heterocycles. The molecule has 0 spiro atoms. The van der Waals surface area contributed by atoms with Gasteiger partial charge in [0.15, 0.2) is 0 Å². The van der Waals surface area contributed by atoms with Gasteiger partial charge in [-0.25, -0.2) is 0 Å². The molecule has 0 rings (SSSR count). The molecule has 16 heavy (non-hydrogen) atoms. The van der Waals surface area contributed by atoms with Gasteiger partial charge in [-0.2, -0.15) is 0 Å². The molecule has 0 aliphatic rings. The summed E-state index contributed by atoms with van der Waals surface area (Å²) in [6, 6.07) is 0. The van der Waals surface area contributed by atoms with Gasteiger partial charge in [0.05, 0.1) is 0 Å². The molecule has 0 aromatic rings. The molecule has 2 unspecified atom stereocenters. The molecule has 0 heterocycles. The highest BCUT2D eigenvalue weighted by Gasteiger charge is 2.10. The molecule has 0 aliphatic carbocycles. The largest absolute Gasteiger partial charge is 0.396 e. The topological polar surface area (TPSA) is 32.3 Å². The lowest BCUT2D eigenvalue weighted by molar-refractivity contribution is 0.238. The van der Waals surface area contributed by atoms with E-state index in [2.05, 4.69) is 33.0 Å². The SMILES string of the molecule is CCCC(C)CNCC(CCO)CC(C)C. The van der Waals surface area contributed by atoms with Crippen molar-refractivity contribution in [1.29, 1.82) is 0 Å². The van der Waals surface area contributed by atoms with Gasteiger partial charge in [0.1, 0.15) is 0 Å². The van der Waals surface area contributed by atoms with Gasteiger partial charge < -0.3 is 10.4 Å². The number of rotatable bonds is 10. The Kier molecular flexibility index (Phi) is 10.0. The minimum Gasteiger partial charge on any atom is -0.396 e. The molecule has 0 aliphatic heterocycles. The normalized spacial score (nSPS) is 15.4. The van der Waals surface area contributed by atoms with Gasteiger partial charge in [0.2, 0.25) is 0 Å². The molecular formula is C14H31NO. The molecule has 0 radical (unpaired) electrons. The summed E-state index contributed by atoms with van der Waals surface area (Å²) in [5.41, 5.74) is 0. The Hall–Kier alpha value is -0.0800. The van der Waals surface area contributed by atoms with Crippen LogP contribution < -0.4 is 5.32 Å². The van der Waals surface area contributed by atoms with Gasteiger partial charge in [-0.05, 0) is 50.1 Å². The third kappa shape index (κ3) is 9.17. The number of hydrogen-bond acceptors (Lipinski definition) is 2. The summed E-state index contributed by atoms with van der Waals surface area (Å²) in [5.74, 6) is 2.14. The fourth-order valence-corrected chi connectivity index (χ4v) is 2.28. The van der Waals surface area contributed by atoms with E-state index in [-0.39, 0.29) is 0 Å². The predicted octanol–water partition coefficient (Wildman–Crippen LogP) is 3.06. The maximum Gasteiger partial charge on any atom is 0.0434 e. The van der Waals surface area contributed by atoms with E-state index in [4.69, 9.17) is 5.11 Å². The van der Waals surface area contributed by atoms with Crippen LogP contribution in [0.5, 0.6) is 0 Å². The van der Waals surface area contributed by atoms with Crippen molar-refractivity contribution >= 4 is 0 Å². The van der Waals surface area contributed by atoms with Crippen LogP contribution in [0.25, 0.3) is 0 Å². The van der Waals surface area contributed by atoms with Crippen molar-refractivity contribution in [2.75, 3.05) is 19.7 Å². The minimum absolute atomic E-state index is 0.323. The number of hydrogen-bond donors (Lipinski definition) is 2. The second kappa shape index (κ2) is 10.1. The molecule has 0 bridgehead atoms. The first-order valence-electron chi connectivity index (χ1n) is 6.91. The van der Waals surface area contributed by atoms with E-state index in [9.17, 15) is 0 Å². The van der Waals surface area contributed by atoms with Crippen LogP contribution in [-0.2, 0) is 0 Å². The van der Waals surface area contributed by atoms with Crippen LogP contribution in [-0.4, -0.2) is 24.8 Å². The standard InChI is InChI=1S/C14H31NO/c1-5-6-13(4)10-15-11-14(7-8-16)9-12(2)3/h12-16H,5-11H2,1-4H3. The highest BCUT2D eigenvalue weighted by molar-refractivity contribution is 4.66. The van der Waals surface area contributed by atoms with Gasteiger partial charge in [-0.15, -0.1) is 0 Å². The first kappa shape index (κ1) is 15.9. The lowest BCUT2D eigenvalue weighted by Gasteiger charge is -2.20. The number of aliphatic hydroxyl groups excluding tert-OH is 1. The average Bonchev–Trinajstić information content (AvgIpc) is 2.17. The summed E-state index contributed by atoms with van der Waals surface area (Å²) in [6.45, 7) is 11.6. The first-order valence-corrected chi connectivity index (χ1v) is 6.91. The van der Waals surface area contributed by atoms with Gasteiger partial charge in [0, 0.05) is 6.61 Å². The summed E-state index contributed by atoms with van der Waals surface area (Å²) in [4.78, 5) is 0. The van der Waals surface area contributed by atoms with E-state index in [0.717, 1.165) is 31.3 Å². The zero-order valence-corrected chi connectivity index (χ0v) is 11.6. The Balaban J connectivity index is 3.66. The quantitative estimate of drug-likeness (QED) is 0.603. The smallest absolute Gasteiger partial charge is 0.0434 e. The van der Waals surface area contributed by atoms with E-state index < -0.39 is 0 Å². The lowest BCUT2D eigenvalue weighted by atomic mass is 9.94.